The minimum absolute atomic E-state index is 0.202. The van der Waals surface area contributed by atoms with Crippen molar-refractivity contribution in [3.05, 3.63) is 53.1 Å². The molecule has 0 aliphatic rings. The number of para-hydroxylation sites is 1. The standard InChI is InChI=1S/C19H23NO4/c1-12-17(23-4)10-14(11-18(12)24-5)19(21)20-13(2)15-8-6-7-9-16(15)22-3/h6-11,13H,1-5H3,(H,20,21). The zero-order valence-electron chi connectivity index (χ0n) is 14.7. The van der Waals surface area contributed by atoms with Gasteiger partial charge >= 0.3 is 0 Å². The molecule has 0 aliphatic heterocycles. The second kappa shape index (κ2) is 7.73. The second-order valence-corrected chi connectivity index (χ2v) is 5.44. The van der Waals surface area contributed by atoms with Gasteiger partial charge in [0, 0.05) is 16.7 Å². The fraction of sp³-hybridized carbons (Fsp3) is 0.316. The summed E-state index contributed by atoms with van der Waals surface area (Å²) in [6, 6.07) is 10.8. The largest absolute Gasteiger partial charge is 0.496 e. The van der Waals surface area contributed by atoms with E-state index in [4.69, 9.17) is 14.2 Å². The Morgan fingerprint density at radius 3 is 2.04 bits per heavy atom. The molecule has 1 unspecified atom stereocenters. The van der Waals surface area contributed by atoms with Crippen LogP contribution in [0.3, 0.4) is 0 Å². The number of carbonyl (C=O) groups is 1. The van der Waals surface area contributed by atoms with Crippen molar-refractivity contribution in [2.45, 2.75) is 19.9 Å². The number of carbonyl (C=O) groups excluding carboxylic acids is 1. The van der Waals surface area contributed by atoms with E-state index in [1.165, 1.54) is 0 Å². The van der Waals surface area contributed by atoms with E-state index in [9.17, 15) is 4.79 Å². The molecule has 0 saturated heterocycles. The van der Waals surface area contributed by atoms with Crippen molar-refractivity contribution >= 4 is 5.91 Å². The number of hydrogen-bond acceptors (Lipinski definition) is 4. The molecule has 0 heterocycles. The van der Waals surface area contributed by atoms with Gasteiger partial charge in [-0.3, -0.25) is 4.79 Å². The molecule has 1 amide bonds. The summed E-state index contributed by atoms with van der Waals surface area (Å²) in [7, 11) is 4.75. The van der Waals surface area contributed by atoms with Crippen molar-refractivity contribution in [3.63, 3.8) is 0 Å². The van der Waals surface area contributed by atoms with Gasteiger partial charge in [-0.25, -0.2) is 0 Å². The summed E-state index contributed by atoms with van der Waals surface area (Å²) < 4.78 is 16.0. The van der Waals surface area contributed by atoms with Gasteiger partial charge in [0.05, 0.1) is 27.4 Å². The van der Waals surface area contributed by atoms with Gasteiger partial charge in [0.15, 0.2) is 0 Å². The summed E-state index contributed by atoms with van der Waals surface area (Å²) in [5.41, 5.74) is 2.25. The number of hydrogen-bond donors (Lipinski definition) is 1. The van der Waals surface area contributed by atoms with E-state index in [-0.39, 0.29) is 11.9 Å². The van der Waals surface area contributed by atoms with Gasteiger partial charge < -0.3 is 19.5 Å². The van der Waals surface area contributed by atoms with E-state index in [0.717, 1.165) is 16.9 Å². The van der Waals surface area contributed by atoms with Crippen LogP contribution in [-0.2, 0) is 0 Å². The Hall–Kier alpha value is -2.69. The van der Waals surface area contributed by atoms with Gasteiger partial charge in [-0.05, 0) is 32.0 Å². The van der Waals surface area contributed by atoms with Crippen molar-refractivity contribution in [3.8, 4) is 17.2 Å². The van der Waals surface area contributed by atoms with Crippen LogP contribution in [0.1, 0.15) is 34.5 Å². The van der Waals surface area contributed by atoms with Crippen LogP contribution in [0.15, 0.2) is 36.4 Å². The maximum atomic E-state index is 12.6. The van der Waals surface area contributed by atoms with Crippen LogP contribution >= 0.6 is 0 Å². The lowest BCUT2D eigenvalue weighted by molar-refractivity contribution is 0.0938. The van der Waals surface area contributed by atoms with E-state index in [0.29, 0.717) is 17.1 Å². The molecule has 0 fully saturated rings. The Bertz CT molecular complexity index is 702. The first kappa shape index (κ1) is 17.7. The molecule has 0 radical (unpaired) electrons. The smallest absolute Gasteiger partial charge is 0.252 e. The summed E-state index contributed by atoms with van der Waals surface area (Å²) in [5, 5.41) is 2.98. The molecule has 0 bridgehead atoms. The molecular weight excluding hydrogens is 306 g/mol. The number of amides is 1. The zero-order valence-corrected chi connectivity index (χ0v) is 14.7. The first-order valence-electron chi connectivity index (χ1n) is 7.68. The average Bonchev–Trinajstić information content (AvgIpc) is 2.61. The van der Waals surface area contributed by atoms with Crippen molar-refractivity contribution in [2.75, 3.05) is 21.3 Å². The number of nitrogens with one attached hydrogen (secondary N) is 1. The highest BCUT2D eigenvalue weighted by atomic mass is 16.5. The van der Waals surface area contributed by atoms with Gasteiger partial charge in [0.25, 0.3) is 5.91 Å². The maximum absolute atomic E-state index is 12.6. The summed E-state index contributed by atoms with van der Waals surface area (Å²) in [6.07, 6.45) is 0. The minimum Gasteiger partial charge on any atom is -0.496 e. The van der Waals surface area contributed by atoms with Crippen molar-refractivity contribution in [1.82, 2.24) is 5.32 Å². The lowest BCUT2D eigenvalue weighted by Crippen LogP contribution is -2.27. The highest BCUT2D eigenvalue weighted by molar-refractivity contribution is 5.95. The summed E-state index contributed by atoms with van der Waals surface area (Å²) in [6.45, 7) is 3.80. The van der Waals surface area contributed by atoms with Gasteiger partial charge in [-0.2, -0.15) is 0 Å². The highest BCUT2D eigenvalue weighted by Gasteiger charge is 2.17. The molecule has 2 aromatic carbocycles. The summed E-state index contributed by atoms with van der Waals surface area (Å²) in [5.74, 6) is 1.77. The van der Waals surface area contributed by atoms with Crippen LogP contribution in [0.4, 0.5) is 0 Å². The lowest BCUT2D eigenvalue weighted by atomic mass is 10.1. The van der Waals surface area contributed by atoms with E-state index >= 15 is 0 Å². The van der Waals surface area contributed by atoms with Gasteiger partial charge in [0.1, 0.15) is 17.2 Å². The lowest BCUT2D eigenvalue weighted by Gasteiger charge is -2.18. The van der Waals surface area contributed by atoms with E-state index < -0.39 is 0 Å². The molecule has 128 valence electrons. The van der Waals surface area contributed by atoms with Gasteiger partial charge in [-0.15, -0.1) is 0 Å². The molecule has 1 atom stereocenters. The normalized spacial score (nSPS) is 11.5. The van der Waals surface area contributed by atoms with Crippen LogP contribution in [0.25, 0.3) is 0 Å². The first-order valence-corrected chi connectivity index (χ1v) is 7.68. The van der Waals surface area contributed by atoms with Gasteiger partial charge in [0.2, 0.25) is 0 Å². The number of benzene rings is 2. The van der Waals surface area contributed by atoms with Crippen LogP contribution in [-0.4, -0.2) is 27.2 Å². The molecule has 5 nitrogen and oxygen atoms in total. The highest BCUT2D eigenvalue weighted by Crippen LogP contribution is 2.30. The third-order valence-electron chi connectivity index (χ3n) is 3.97. The molecule has 0 aliphatic carbocycles. The Balaban J connectivity index is 2.26. The SMILES string of the molecule is COc1ccccc1C(C)NC(=O)c1cc(OC)c(C)c(OC)c1. The molecule has 5 heteroatoms. The van der Waals surface area contributed by atoms with Crippen LogP contribution in [0.5, 0.6) is 17.2 Å². The zero-order chi connectivity index (χ0) is 17.7. The van der Waals surface area contributed by atoms with Crippen molar-refractivity contribution in [2.24, 2.45) is 0 Å². The fourth-order valence-corrected chi connectivity index (χ4v) is 2.60. The van der Waals surface area contributed by atoms with Gasteiger partial charge in [-0.1, -0.05) is 18.2 Å². The van der Waals surface area contributed by atoms with Crippen molar-refractivity contribution in [1.29, 1.82) is 0 Å². The van der Waals surface area contributed by atoms with E-state index in [1.54, 1.807) is 33.5 Å². The average molecular weight is 329 g/mol. The Labute approximate surface area is 142 Å². The van der Waals surface area contributed by atoms with E-state index in [2.05, 4.69) is 5.32 Å². The number of ether oxygens (including phenoxy) is 3. The Morgan fingerprint density at radius 1 is 0.958 bits per heavy atom. The molecular formula is C19H23NO4. The molecule has 0 aromatic heterocycles. The molecule has 24 heavy (non-hydrogen) atoms. The van der Waals surface area contributed by atoms with Crippen LogP contribution < -0.4 is 19.5 Å². The Morgan fingerprint density at radius 2 is 1.50 bits per heavy atom. The predicted octanol–water partition coefficient (Wildman–Crippen LogP) is 3.51. The Kier molecular flexibility index (Phi) is 5.68. The van der Waals surface area contributed by atoms with Crippen molar-refractivity contribution < 1.29 is 19.0 Å². The first-order chi connectivity index (χ1) is 11.5. The molecule has 0 saturated carbocycles. The van der Waals surface area contributed by atoms with Crippen LogP contribution in [0.2, 0.25) is 0 Å². The summed E-state index contributed by atoms with van der Waals surface area (Å²) in [4.78, 5) is 12.6. The van der Waals surface area contributed by atoms with E-state index in [1.807, 2.05) is 38.1 Å². The number of rotatable bonds is 6. The predicted molar refractivity (Wildman–Crippen MR) is 93.2 cm³/mol. The maximum Gasteiger partial charge on any atom is 0.252 e. The monoisotopic (exact) mass is 329 g/mol. The van der Waals surface area contributed by atoms with Crippen LogP contribution in [0, 0.1) is 6.92 Å². The fourth-order valence-electron chi connectivity index (χ4n) is 2.60. The molecule has 2 rings (SSSR count). The topological polar surface area (TPSA) is 56.8 Å². The quantitative estimate of drug-likeness (QED) is 0.881. The molecule has 0 spiro atoms. The molecule has 2 aromatic rings. The summed E-state index contributed by atoms with van der Waals surface area (Å²) >= 11 is 0. The number of methoxy groups -OCH3 is 3. The second-order valence-electron chi connectivity index (χ2n) is 5.44. The minimum atomic E-state index is -0.204. The third kappa shape index (κ3) is 3.62. The third-order valence-corrected chi connectivity index (χ3v) is 3.97. The molecule has 1 N–H and O–H groups in total.